The van der Waals surface area contributed by atoms with Crippen molar-refractivity contribution in [3.8, 4) is 20.9 Å². The molecule has 0 aliphatic carbocycles. The highest BCUT2D eigenvalue weighted by Crippen LogP contribution is 2.47. The molecule has 0 fully saturated rings. The van der Waals surface area contributed by atoms with Gasteiger partial charge in [-0.05, 0) is 60.4 Å². The highest BCUT2D eigenvalue weighted by Gasteiger charge is 2.18. The molecular formula is C31H28O3S4. The van der Waals surface area contributed by atoms with Crippen LogP contribution in [0, 0.1) is 0 Å². The van der Waals surface area contributed by atoms with Gasteiger partial charge in [0.25, 0.3) is 6.47 Å². The second-order valence-electron chi connectivity index (χ2n) is 9.33. The van der Waals surface area contributed by atoms with Crippen LogP contribution in [0.15, 0.2) is 60.7 Å². The van der Waals surface area contributed by atoms with Gasteiger partial charge in [0.2, 0.25) is 0 Å². The van der Waals surface area contributed by atoms with Crippen molar-refractivity contribution >= 4 is 81.4 Å². The molecule has 0 spiro atoms. The minimum Gasteiger partial charge on any atom is -0.459 e. The molecule has 38 heavy (non-hydrogen) atoms. The summed E-state index contributed by atoms with van der Waals surface area (Å²) in [6.07, 6.45) is 2.81. The van der Waals surface area contributed by atoms with Crippen molar-refractivity contribution in [2.75, 3.05) is 7.11 Å². The Kier molecular flexibility index (Phi) is 7.38. The van der Waals surface area contributed by atoms with E-state index in [0.717, 1.165) is 24.1 Å². The molecule has 0 aliphatic rings. The number of methoxy groups -OCH3 is 1. The Morgan fingerprint density at radius 2 is 1.29 bits per heavy atom. The zero-order valence-electron chi connectivity index (χ0n) is 21.5. The van der Waals surface area contributed by atoms with E-state index in [1.165, 1.54) is 55.3 Å². The molecule has 7 heteroatoms. The summed E-state index contributed by atoms with van der Waals surface area (Å²) in [6.45, 7) is 4.84. The number of hydrogen-bond donors (Lipinski definition) is 0. The molecule has 0 saturated carbocycles. The lowest BCUT2D eigenvalue weighted by molar-refractivity contribution is -0.134. The van der Waals surface area contributed by atoms with E-state index in [4.69, 9.17) is 9.47 Å². The third-order valence-corrected chi connectivity index (χ3v) is 11.9. The van der Waals surface area contributed by atoms with Crippen LogP contribution in [0.1, 0.15) is 55.1 Å². The van der Waals surface area contributed by atoms with Gasteiger partial charge in [-0.2, -0.15) is 0 Å². The molecule has 6 aromatic rings. The topological polar surface area (TPSA) is 35.5 Å². The average Bonchev–Trinajstić information content (AvgIpc) is 3.72. The first-order valence-electron chi connectivity index (χ1n) is 12.8. The normalized spacial score (nSPS) is 13.4. The van der Waals surface area contributed by atoms with E-state index in [-0.39, 0.29) is 12.2 Å². The predicted molar refractivity (Wildman–Crippen MR) is 166 cm³/mol. The Hall–Kier alpha value is -2.55. The molecular weight excluding hydrogens is 549 g/mol. The molecule has 0 radical (unpaired) electrons. The average molecular weight is 577 g/mol. The van der Waals surface area contributed by atoms with E-state index in [2.05, 4.69) is 74.5 Å². The summed E-state index contributed by atoms with van der Waals surface area (Å²) >= 11 is 7.32. The minimum absolute atomic E-state index is 0.155. The fraction of sp³-hybridized carbons (Fsp3) is 0.258. The van der Waals surface area contributed by atoms with Crippen molar-refractivity contribution in [1.82, 2.24) is 0 Å². The molecule has 4 heterocycles. The maximum Gasteiger partial charge on any atom is 0.293 e. The summed E-state index contributed by atoms with van der Waals surface area (Å²) in [6, 6.07) is 22.4. The summed E-state index contributed by atoms with van der Waals surface area (Å²) in [5, 5.41) is 2.66. The van der Waals surface area contributed by atoms with Crippen LogP contribution in [0.3, 0.4) is 0 Å². The molecule has 4 aromatic heterocycles. The summed E-state index contributed by atoms with van der Waals surface area (Å²) in [7, 11) is 1.79. The molecule has 2 aromatic carbocycles. The lowest BCUT2D eigenvalue weighted by atomic mass is 10.1. The summed E-state index contributed by atoms with van der Waals surface area (Å²) in [5.41, 5.74) is 2.49. The van der Waals surface area contributed by atoms with Crippen molar-refractivity contribution in [2.24, 2.45) is 0 Å². The van der Waals surface area contributed by atoms with E-state index in [1.54, 1.807) is 18.4 Å². The molecule has 0 bridgehead atoms. The smallest absolute Gasteiger partial charge is 0.293 e. The summed E-state index contributed by atoms with van der Waals surface area (Å²) in [5.74, 6) is 0. The second kappa shape index (κ2) is 10.9. The van der Waals surface area contributed by atoms with Crippen molar-refractivity contribution < 1.29 is 14.3 Å². The largest absolute Gasteiger partial charge is 0.459 e. The fourth-order valence-corrected chi connectivity index (χ4v) is 9.99. The summed E-state index contributed by atoms with van der Waals surface area (Å²) < 4.78 is 16.4. The molecule has 2 unspecified atom stereocenters. The zero-order chi connectivity index (χ0) is 26.2. The molecule has 2 atom stereocenters. The van der Waals surface area contributed by atoms with Gasteiger partial charge in [0.15, 0.2) is 0 Å². The Bertz CT molecular complexity index is 1730. The Morgan fingerprint density at radius 1 is 0.737 bits per heavy atom. The zero-order valence-corrected chi connectivity index (χ0v) is 24.8. The SMILES string of the molecule is CCCC(OC=O)c1ccc(-c2ccc3c(c2)sc2c4ccc(-c5ccc(C(CC)OC)s5)cc4sc32)s1. The van der Waals surface area contributed by atoms with Gasteiger partial charge in [-0.15, -0.1) is 45.3 Å². The van der Waals surface area contributed by atoms with Crippen LogP contribution in [0.4, 0.5) is 0 Å². The molecule has 0 saturated heterocycles. The van der Waals surface area contributed by atoms with Crippen LogP contribution >= 0.6 is 45.3 Å². The molecule has 3 nitrogen and oxygen atoms in total. The van der Waals surface area contributed by atoms with Gasteiger partial charge < -0.3 is 9.47 Å². The summed E-state index contributed by atoms with van der Waals surface area (Å²) in [4.78, 5) is 15.8. The van der Waals surface area contributed by atoms with Crippen LogP contribution in [0.2, 0.25) is 0 Å². The first-order valence-corrected chi connectivity index (χ1v) is 16.1. The Morgan fingerprint density at radius 3 is 1.76 bits per heavy atom. The highest BCUT2D eigenvalue weighted by atomic mass is 32.1. The van der Waals surface area contributed by atoms with Crippen LogP contribution in [0.5, 0.6) is 0 Å². The quantitative estimate of drug-likeness (QED) is 0.152. The van der Waals surface area contributed by atoms with Crippen molar-refractivity contribution in [3.05, 3.63) is 70.4 Å². The van der Waals surface area contributed by atoms with Crippen LogP contribution < -0.4 is 0 Å². The third kappa shape index (κ3) is 4.61. The number of rotatable bonds is 10. The molecule has 0 N–H and O–H groups in total. The number of benzene rings is 2. The van der Waals surface area contributed by atoms with Gasteiger partial charge in [-0.3, -0.25) is 4.79 Å². The van der Waals surface area contributed by atoms with E-state index < -0.39 is 0 Å². The molecule has 0 amide bonds. The van der Waals surface area contributed by atoms with E-state index >= 15 is 0 Å². The predicted octanol–water partition coefficient (Wildman–Crippen LogP) is 10.8. The van der Waals surface area contributed by atoms with Crippen LogP contribution in [0.25, 0.3) is 50.5 Å². The van der Waals surface area contributed by atoms with Crippen molar-refractivity contribution in [2.45, 2.75) is 45.3 Å². The minimum atomic E-state index is -0.155. The van der Waals surface area contributed by atoms with Gasteiger partial charge in [0, 0.05) is 46.8 Å². The van der Waals surface area contributed by atoms with Gasteiger partial charge >= 0.3 is 0 Å². The van der Waals surface area contributed by atoms with E-state index in [9.17, 15) is 4.79 Å². The lowest BCUT2D eigenvalue weighted by Crippen LogP contribution is -2.00. The number of fused-ring (bicyclic) bond motifs is 5. The fourth-order valence-electron chi connectivity index (χ4n) is 5.02. The van der Waals surface area contributed by atoms with Gasteiger partial charge in [-0.1, -0.05) is 44.5 Å². The number of carbonyl (C=O) groups is 1. The standard InChI is InChI=1S/C31H28O3S4/c1-4-6-23(34-17-32)27-14-12-25(36-27)19-8-10-21-29(16-19)38-30-20-9-7-18(15-28(20)37-31(21)30)24-11-13-26(35-24)22(5-2)33-3/h7-17,22-23H,4-6H2,1-3H3. The maximum absolute atomic E-state index is 11.0. The molecule has 6 rings (SSSR count). The van der Waals surface area contributed by atoms with E-state index in [1.807, 2.05) is 34.0 Å². The third-order valence-electron chi connectivity index (χ3n) is 6.97. The highest BCUT2D eigenvalue weighted by molar-refractivity contribution is 7.36. The van der Waals surface area contributed by atoms with Crippen molar-refractivity contribution in [3.63, 3.8) is 0 Å². The van der Waals surface area contributed by atoms with Crippen LogP contribution in [-0.4, -0.2) is 13.6 Å². The molecule has 0 aliphatic heterocycles. The van der Waals surface area contributed by atoms with Gasteiger partial charge in [0.05, 0.1) is 15.5 Å². The first kappa shape index (κ1) is 25.7. The lowest BCUT2D eigenvalue weighted by Gasteiger charge is -2.11. The van der Waals surface area contributed by atoms with Crippen molar-refractivity contribution in [1.29, 1.82) is 0 Å². The monoisotopic (exact) mass is 576 g/mol. The van der Waals surface area contributed by atoms with Crippen LogP contribution in [-0.2, 0) is 14.3 Å². The number of ether oxygens (including phenoxy) is 2. The second-order valence-corrected chi connectivity index (χ2v) is 13.7. The number of thiophene rings is 4. The van der Waals surface area contributed by atoms with Gasteiger partial charge in [0.1, 0.15) is 6.10 Å². The molecule has 194 valence electrons. The Balaban J connectivity index is 1.33. The first-order chi connectivity index (χ1) is 18.6. The van der Waals surface area contributed by atoms with E-state index in [0.29, 0.717) is 6.47 Å². The maximum atomic E-state index is 11.0. The Labute approximate surface area is 238 Å². The van der Waals surface area contributed by atoms with Gasteiger partial charge in [-0.25, -0.2) is 0 Å². The number of hydrogen-bond acceptors (Lipinski definition) is 7. The number of carbonyl (C=O) groups excluding carboxylic acids is 1.